The lowest BCUT2D eigenvalue weighted by molar-refractivity contribution is -0.135. The molecule has 5 rings (SSSR count). The molecule has 3 aromatic rings. The molecule has 1 saturated carbocycles. The van der Waals surface area contributed by atoms with Gasteiger partial charge in [0.1, 0.15) is 10.6 Å². The quantitative estimate of drug-likeness (QED) is 0.475. The molecule has 31 heavy (non-hydrogen) atoms. The van der Waals surface area contributed by atoms with Crippen LogP contribution in [0.3, 0.4) is 0 Å². The number of fused-ring (bicyclic) bond motifs is 1. The van der Waals surface area contributed by atoms with E-state index in [9.17, 15) is 9.59 Å². The van der Waals surface area contributed by atoms with Gasteiger partial charge in [0, 0.05) is 20.9 Å². The van der Waals surface area contributed by atoms with Crippen molar-refractivity contribution in [3.05, 3.63) is 58.7 Å². The minimum Gasteiger partial charge on any atom is -0.350 e. The molecule has 2 fully saturated rings. The van der Waals surface area contributed by atoms with Gasteiger partial charge in [-0.1, -0.05) is 65.5 Å². The number of nitrogens with zero attached hydrogens (tertiary/aromatic N) is 1. The fourth-order valence-electron chi connectivity index (χ4n) is 4.81. The number of amides is 2. The zero-order chi connectivity index (χ0) is 21.6. The third-order valence-electron chi connectivity index (χ3n) is 6.27. The first-order valence-corrected chi connectivity index (χ1v) is 12.4. The number of nitrogens with one attached hydrogen (secondary N) is 2. The molecule has 2 heterocycles. The van der Waals surface area contributed by atoms with Crippen LogP contribution < -0.4 is 5.43 Å². The molecule has 1 spiro atoms. The minimum atomic E-state index is -0.327. The molecule has 1 unspecified atom stereocenters. The maximum absolute atomic E-state index is 13.6. The highest BCUT2D eigenvalue weighted by Crippen LogP contribution is 2.49. The molecule has 1 atom stereocenters. The zero-order valence-corrected chi connectivity index (χ0v) is 19.7. The van der Waals surface area contributed by atoms with E-state index < -0.39 is 0 Å². The van der Waals surface area contributed by atoms with E-state index in [0.29, 0.717) is 5.69 Å². The minimum absolute atomic E-state index is 0.0135. The van der Waals surface area contributed by atoms with E-state index in [1.165, 1.54) is 6.42 Å². The second kappa shape index (κ2) is 8.02. The summed E-state index contributed by atoms with van der Waals surface area (Å²) >= 11 is 5.24. The Balaban J connectivity index is 1.56. The number of carbonyl (C=O) groups is 2. The van der Waals surface area contributed by atoms with Crippen molar-refractivity contribution in [3.8, 4) is 11.1 Å². The zero-order valence-electron chi connectivity index (χ0n) is 17.3. The van der Waals surface area contributed by atoms with Crippen LogP contribution in [-0.2, 0) is 4.79 Å². The summed E-state index contributed by atoms with van der Waals surface area (Å²) in [7, 11) is 0. The van der Waals surface area contributed by atoms with E-state index in [-0.39, 0.29) is 21.9 Å². The number of hydrogen-bond donors (Lipinski definition) is 2. The Hall–Kier alpha value is -2.25. The molecule has 1 aromatic heterocycles. The Morgan fingerprint density at radius 3 is 2.65 bits per heavy atom. The van der Waals surface area contributed by atoms with Gasteiger partial charge in [0.05, 0.1) is 5.25 Å². The fraction of sp³-hybridized carbons (Fsp3) is 0.333. The van der Waals surface area contributed by atoms with Crippen molar-refractivity contribution in [2.24, 2.45) is 0 Å². The van der Waals surface area contributed by atoms with Gasteiger partial charge >= 0.3 is 0 Å². The van der Waals surface area contributed by atoms with Crippen molar-refractivity contribution < 1.29 is 9.59 Å². The van der Waals surface area contributed by atoms with E-state index in [1.54, 1.807) is 16.8 Å². The van der Waals surface area contributed by atoms with Crippen molar-refractivity contribution in [2.45, 2.75) is 49.1 Å². The molecule has 7 heteroatoms. The number of aromatic nitrogens is 1. The first kappa shape index (κ1) is 20.6. The van der Waals surface area contributed by atoms with Crippen LogP contribution in [0.4, 0.5) is 0 Å². The van der Waals surface area contributed by atoms with Gasteiger partial charge in [-0.3, -0.25) is 15.0 Å². The standard InChI is InChI=1S/C24H24BrN3O2S/c1-15-23(30)28(24(31-15)12-6-3-7-13-24)27-22(29)21-20(16-8-4-2-5-9-16)18-14-17(25)10-11-19(18)26-21/h2,4-5,8-11,14-15,26H,3,6-7,12-13H2,1H3,(H,27,29). The van der Waals surface area contributed by atoms with E-state index >= 15 is 0 Å². The average Bonchev–Trinajstić information content (AvgIpc) is 3.25. The van der Waals surface area contributed by atoms with Crippen LogP contribution in [0.2, 0.25) is 0 Å². The van der Waals surface area contributed by atoms with Crippen LogP contribution in [0.5, 0.6) is 0 Å². The van der Waals surface area contributed by atoms with Crippen LogP contribution in [0, 0.1) is 0 Å². The number of benzene rings is 2. The summed E-state index contributed by atoms with van der Waals surface area (Å²) in [4.78, 5) is 29.5. The third kappa shape index (κ3) is 3.57. The predicted molar refractivity (Wildman–Crippen MR) is 129 cm³/mol. The normalized spacial score (nSPS) is 20.5. The van der Waals surface area contributed by atoms with Gasteiger partial charge in [0.25, 0.3) is 11.8 Å². The molecule has 0 radical (unpaired) electrons. The average molecular weight is 498 g/mol. The Kier molecular flexibility index (Phi) is 5.34. The maximum Gasteiger partial charge on any atom is 0.286 e. The molecule has 2 N–H and O–H groups in total. The van der Waals surface area contributed by atoms with Crippen molar-refractivity contribution in [1.82, 2.24) is 15.4 Å². The smallest absolute Gasteiger partial charge is 0.286 e. The molecular weight excluding hydrogens is 474 g/mol. The third-order valence-corrected chi connectivity index (χ3v) is 8.35. The largest absolute Gasteiger partial charge is 0.350 e. The lowest BCUT2D eigenvalue weighted by Gasteiger charge is -2.39. The van der Waals surface area contributed by atoms with Crippen LogP contribution in [0.25, 0.3) is 22.0 Å². The van der Waals surface area contributed by atoms with Crippen molar-refractivity contribution >= 4 is 50.4 Å². The van der Waals surface area contributed by atoms with E-state index in [2.05, 4.69) is 26.3 Å². The Morgan fingerprint density at radius 2 is 1.90 bits per heavy atom. The lowest BCUT2D eigenvalue weighted by Crippen LogP contribution is -2.55. The molecular formula is C24H24BrN3O2S. The van der Waals surface area contributed by atoms with E-state index in [1.807, 2.05) is 55.5 Å². The molecule has 1 aliphatic carbocycles. The van der Waals surface area contributed by atoms with Crippen LogP contribution in [-0.4, -0.2) is 31.9 Å². The molecule has 0 bridgehead atoms. The number of thioether (sulfide) groups is 1. The van der Waals surface area contributed by atoms with Crippen LogP contribution >= 0.6 is 27.7 Å². The van der Waals surface area contributed by atoms with Gasteiger partial charge in [-0.05, 0) is 43.5 Å². The monoisotopic (exact) mass is 497 g/mol. The summed E-state index contributed by atoms with van der Waals surface area (Å²) in [5.74, 6) is -0.292. The summed E-state index contributed by atoms with van der Waals surface area (Å²) in [6.07, 6.45) is 5.17. The number of hydrazine groups is 1. The number of carbonyl (C=O) groups excluding carboxylic acids is 2. The van der Waals surface area contributed by atoms with Crippen molar-refractivity contribution in [3.63, 3.8) is 0 Å². The molecule has 5 nitrogen and oxygen atoms in total. The molecule has 2 aliphatic rings. The number of aromatic amines is 1. The Bertz CT molecular complexity index is 1150. The highest BCUT2D eigenvalue weighted by molar-refractivity contribution is 9.10. The molecule has 1 saturated heterocycles. The second-order valence-electron chi connectivity index (χ2n) is 8.31. The second-order valence-corrected chi connectivity index (χ2v) is 10.9. The number of halogens is 1. The van der Waals surface area contributed by atoms with Crippen molar-refractivity contribution in [1.29, 1.82) is 0 Å². The summed E-state index contributed by atoms with van der Waals surface area (Å²) < 4.78 is 0.948. The Labute approximate surface area is 194 Å². The topological polar surface area (TPSA) is 65.2 Å². The molecule has 160 valence electrons. The van der Waals surface area contributed by atoms with Gasteiger partial charge in [-0.2, -0.15) is 0 Å². The summed E-state index contributed by atoms with van der Waals surface area (Å²) in [5.41, 5.74) is 6.17. The Morgan fingerprint density at radius 1 is 1.16 bits per heavy atom. The van der Waals surface area contributed by atoms with Crippen LogP contribution in [0.15, 0.2) is 53.0 Å². The summed E-state index contributed by atoms with van der Waals surface area (Å²) in [5, 5.41) is 2.46. The van der Waals surface area contributed by atoms with Gasteiger partial charge in [0.2, 0.25) is 0 Å². The summed E-state index contributed by atoms with van der Waals surface area (Å²) in [6, 6.07) is 15.8. The summed E-state index contributed by atoms with van der Waals surface area (Å²) in [6.45, 7) is 1.94. The molecule has 1 aliphatic heterocycles. The molecule has 2 amide bonds. The molecule has 2 aromatic carbocycles. The number of H-pyrrole nitrogens is 1. The predicted octanol–water partition coefficient (Wildman–Crippen LogP) is 5.87. The van der Waals surface area contributed by atoms with Gasteiger partial charge in [0.15, 0.2) is 0 Å². The number of rotatable bonds is 3. The first-order valence-electron chi connectivity index (χ1n) is 10.7. The fourth-order valence-corrected chi connectivity index (χ4v) is 6.80. The highest BCUT2D eigenvalue weighted by Gasteiger charge is 2.51. The SMILES string of the molecule is CC1SC2(CCCCC2)N(NC(=O)c2[nH]c3ccc(Br)cc3c2-c2ccccc2)C1=O. The van der Waals surface area contributed by atoms with Crippen molar-refractivity contribution in [2.75, 3.05) is 0 Å². The number of hydrogen-bond acceptors (Lipinski definition) is 3. The maximum atomic E-state index is 13.6. The first-order chi connectivity index (χ1) is 15.0. The van der Waals surface area contributed by atoms with Gasteiger partial charge < -0.3 is 4.98 Å². The van der Waals surface area contributed by atoms with Gasteiger partial charge in [-0.15, -0.1) is 11.8 Å². The highest BCUT2D eigenvalue weighted by atomic mass is 79.9. The van der Waals surface area contributed by atoms with Crippen LogP contribution in [0.1, 0.15) is 49.5 Å². The van der Waals surface area contributed by atoms with E-state index in [0.717, 1.165) is 52.2 Å². The lowest BCUT2D eigenvalue weighted by atomic mass is 9.94. The van der Waals surface area contributed by atoms with Gasteiger partial charge in [-0.25, -0.2) is 5.01 Å². The van der Waals surface area contributed by atoms with E-state index in [4.69, 9.17) is 0 Å².